The van der Waals surface area contributed by atoms with Crippen LogP contribution in [0.5, 0.6) is 0 Å². The molecule has 0 bridgehead atoms. The van der Waals surface area contributed by atoms with Crippen molar-refractivity contribution < 1.29 is 17.9 Å². The largest absolute Gasteiger partial charge is 0.372 e. The summed E-state index contributed by atoms with van der Waals surface area (Å²) in [5.41, 5.74) is 3.11. The highest BCUT2D eigenvalue weighted by Gasteiger charge is 2.34. The summed E-state index contributed by atoms with van der Waals surface area (Å²) in [4.78, 5) is 12.6. The third kappa shape index (κ3) is 6.39. The van der Waals surface area contributed by atoms with Crippen LogP contribution in [0.25, 0.3) is 0 Å². The van der Waals surface area contributed by atoms with E-state index in [1.807, 2.05) is 54.6 Å². The molecule has 7 heteroatoms. The lowest BCUT2D eigenvalue weighted by Crippen LogP contribution is -2.51. The molecule has 1 heterocycles. The van der Waals surface area contributed by atoms with Crippen molar-refractivity contribution in [1.29, 1.82) is 0 Å². The van der Waals surface area contributed by atoms with E-state index in [4.69, 9.17) is 4.74 Å². The van der Waals surface area contributed by atoms with E-state index in [9.17, 15) is 13.2 Å². The summed E-state index contributed by atoms with van der Waals surface area (Å²) in [7, 11) is -3.39. The number of nitrogens with one attached hydrogen (secondary N) is 1. The fourth-order valence-corrected chi connectivity index (χ4v) is 4.69. The van der Waals surface area contributed by atoms with Crippen molar-refractivity contribution in [1.82, 2.24) is 9.62 Å². The lowest BCUT2D eigenvalue weighted by Gasteiger charge is -2.32. The minimum Gasteiger partial charge on any atom is -0.372 e. The van der Waals surface area contributed by atoms with Crippen molar-refractivity contribution in [3.05, 3.63) is 71.3 Å². The average molecular weight is 417 g/mol. The molecular formula is C22H28N2O4S. The fourth-order valence-electron chi connectivity index (χ4n) is 3.56. The number of carbonyl (C=O) groups excluding carboxylic acids is 1. The number of nitrogens with zero attached hydrogens (tertiary/aromatic N) is 1. The summed E-state index contributed by atoms with van der Waals surface area (Å²) in [5, 5.41) is 2.89. The van der Waals surface area contributed by atoms with Gasteiger partial charge in [-0.15, -0.1) is 0 Å². The third-order valence-electron chi connectivity index (χ3n) is 5.02. The van der Waals surface area contributed by atoms with E-state index in [0.717, 1.165) is 35.8 Å². The van der Waals surface area contributed by atoms with Crippen LogP contribution in [0.3, 0.4) is 0 Å². The number of piperidine rings is 1. The molecule has 1 fully saturated rings. The van der Waals surface area contributed by atoms with Gasteiger partial charge in [0.05, 0.1) is 19.5 Å². The van der Waals surface area contributed by atoms with Crippen LogP contribution in [0.2, 0.25) is 0 Å². The summed E-state index contributed by atoms with van der Waals surface area (Å²) < 4.78 is 31.0. The van der Waals surface area contributed by atoms with Gasteiger partial charge < -0.3 is 10.1 Å². The maximum absolute atomic E-state index is 12.6. The van der Waals surface area contributed by atoms with Gasteiger partial charge in [-0.2, -0.15) is 4.31 Å². The zero-order valence-electron chi connectivity index (χ0n) is 16.7. The Morgan fingerprint density at radius 3 is 2.48 bits per heavy atom. The number of hydrogen-bond acceptors (Lipinski definition) is 4. The van der Waals surface area contributed by atoms with E-state index in [0.29, 0.717) is 32.7 Å². The van der Waals surface area contributed by atoms with Crippen LogP contribution in [0.15, 0.2) is 54.6 Å². The molecule has 156 valence electrons. The number of ether oxygens (including phenoxy) is 1. The highest BCUT2D eigenvalue weighted by molar-refractivity contribution is 7.88. The van der Waals surface area contributed by atoms with Crippen LogP contribution in [0.1, 0.15) is 36.0 Å². The van der Waals surface area contributed by atoms with E-state index in [1.54, 1.807) is 0 Å². The Bertz CT molecular complexity index is 915. The molecule has 3 rings (SSSR count). The first-order valence-corrected chi connectivity index (χ1v) is 11.7. The number of amides is 1. The summed E-state index contributed by atoms with van der Waals surface area (Å²) in [6.07, 6.45) is 3.38. The van der Waals surface area contributed by atoms with Crippen molar-refractivity contribution in [2.45, 2.75) is 45.1 Å². The maximum atomic E-state index is 12.6. The van der Waals surface area contributed by atoms with E-state index in [-0.39, 0.29) is 5.91 Å². The Labute approximate surface area is 172 Å². The van der Waals surface area contributed by atoms with Crippen LogP contribution in [0, 0.1) is 0 Å². The van der Waals surface area contributed by atoms with E-state index in [2.05, 4.69) is 5.32 Å². The van der Waals surface area contributed by atoms with Gasteiger partial charge in [-0.3, -0.25) is 4.79 Å². The minimum absolute atomic E-state index is 0.235. The Morgan fingerprint density at radius 1 is 1.03 bits per heavy atom. The van der Waals surface area contributed by atoms with Crippen LogP contribution in [-0.2, 0) is 39.3 Å². The molecule has 2 aromatic rings. The van der Waals surface area contributed by atoms with E-state index in [1.165, 1.54) is 4.31 Å². The molecule has 0 aromatic heterocycles. The van der Waals surface area contributed by atoms with Crippen molar-refractivity contribution in [2.24, 2.45) is 0 Å². The smallest absolute Gasteiger partial charge is 0.238 e. The average Bonchev–Trinajstić information content (AvgIpc) is 2.72. The number of sulfonamides is 1. The topological polar surface area (TPSA) is 75.7 Å². The Balaban J connectivity index is 1.52. The number of rotatable bonds is 8. The Kier molecular flexibility index (Phi) is 7.41. The van der Waals surface area contributed by atoms with Crippen LogP contribution < -0.4 is 5.32 Å². The number of hydrogen-bond donors (Lipinski definition) is 1. The lowest BCUT2D eigenvalue weighted by atomic mass is 10.0. The standard InChI is InChI=1S/C22H28N2O4S/c1-29(26,27)24-13-6-5-12-21(24)22(25)23-15-19-10-7-11-20(14-19)17-28-16-18-8-3-2-4-9-18/h2-4,7-11,14,21H,5-6,12-13,15-17H2,1H3,(H,23,25). The zero-order chi connectivity index (χ0) is 20.7. The molecule has 6 nitrogen and oxygen atoms in total. The molecule has 29 heavy (non-hydrogen) atoms. The van der Waals surface area contributed by atoms with Crippen molar-refractivity contribution in [2.75, 3.05) is 12.8 Å². The van der Waals surface area contributed by atoms with Gasteiger partial charge in [-0.1, -0.05) is 61.0 Å². The number of benzene rings is 2. The highest BCUT2D eigenvalue weighted by Crippen LogP contribution is 2.20. The molecule has 1 aliphatic heterocycles. The summed E-state index contributed by atoms with van der Waals surface area (Å²) in [6, 6.07) is 17.2. The van der Waals surface area contributed by atoms with Crippen molar-refractivity contribution in [3.63, 3.8) is 0 Å². The van der Waals surface area contributed by atoms with Crippen molar-refractivity contribution in [3.8, 4) is 0 Å². The SMILES string of the molecule is CS(=O)(=O)N1CCCCC1C(=O)NCc1cccc(COCc2ccccc2)c1. The predicted molar refractivity (Wildman–Crippen MR) is 112 cm³/mol. The first kappa shape index (κ1) is 21.5. The molecule has 0 spiro atoms. The molecule has 1 amide bonds. The van der Waals surface area contributed by atoms with E-state index < -0.39 is 16.1 Å². The van der Waals surface area contributed by atoms with Gasteiger partial charge in [-0.05, 0) is 29.5 Å². The normalized spacial score (nSPS) is 17.8. The van der Waals surface area contributed by atoms with Gasteiger partial charge in [0.25, 0.3) is 0 Å². The molecule has 1 unspecified atom stereocenters. The summed E-state index contributed by atoms with van der Waals surface area (Å²) >= 11 is 0. The Hall–Kier alpha value is -2.22. The molecule has 1 aliphatic rings. The van der Waals surface area contributed by atoms with Gasteiger partial charge in [0, 0.05) is 13.1 Å². The van der Waals surface area contributed by atoms with E-state index >= 15 is 0 Å². The minimum atomic E-state index is -3.39. The maximum Gasteiger partial charge on any atom is 0.238 e. The third-order valence-corrected chi connectivity index (χ3v) is 6.31. The second-order valence-corrected chi connectivity index (χ2v) is 9.34. The second kappa shape index (κ2) is 10.0. The first-order chi connectivity index (χ1) is 13.9. The first-order valence-electron chi connectivity index (χ1n) is 9.87. The lowest BCUT2D eigenvalue weighted by molar-refractivity contribution is -0.125. The monoisotopic (exact) mass is 416 g/mol. The molecule has 1 atom stereocenters. The second-order valence-electron chi connectivity index (χ2n) is 7.40. The van der Waals surface area contributed by atoms with Crippen LogP contribution >= 0.6 is 0 Å². The highest BCUT2D eigenvalue weighted by atomic mass is 32.2. The molecule has 0 radical (unpaired) electrons. The van der Waals surface area contributed by atoms with Crippen molar-refractivity contribution >= 4 is 15.9 Å². The molecular weight excluding hydrogens is 388 g/mol. The van der Waals surface area contributed by atoms with Crippen LogP contribution in [-0.4, -0.2) is 37.5 Å². The molecule has 1 saturated heterocycles. The van der Waals surface area contributed by atoms with Gasteiger partial charge in [0.15, 0.2) is 0 Å². The quantitative estimate of drug-likeness (QED) is 0.718. The molecule has 2 aromatic carbocycles. The number of carbonyl (C=O) groups is 1. The predicted octanol–water partition coefficient (Wildman–Crippen LogP) is 2.83. The molecule has 0 aliphatic carbocycles. The summed E-state index contributed by atoms with van der Waals surface area (Å²) in [6.45, 7) is 1.80. The fraction of sp³-hybridized carbons (Fsp3) is 0.409. The molecule has 1 N–H and O–H groups in total. The van der Waals surface area contributed by atoms with Gasteiger partial charge in [-0.25, -0.2) is 8.42 Å². The molecule has 0 saturated carbocycles. The zero-order valence-corrected chi connectivity index (χ0v) is 17.5. The van der Waals surface area contributed by atoms with Gasteiger partial charge >= 0.3 is 0 Å². The summed E-state index contributed by atoms with van der Waals surface area (Å²) in [5.74, 6) is -0.235. The Morgan fingerprint density at radius 2 is 1.72 bits per heavy atom. The van der Waals surface area contributed by atoms with Gasteiger partial charge in [0.1, 0.15) is 6.04 Å². The van der Waals surface area contributed by atoms with Gasteiger partial charge in [0.2, 0.25) is 15.9 Å². The van der Waals surface area contributed by atoms with Crippen LogP contribution in [0.4, 0.5) is 0 Å².